The fourth-order valence-electron chi connectivity index (χ4n) is 1.15. The van der Waals surface area contributed by atoms with Gasteiger partial charge in [0.25, 0.3) is 6.43 Å². The summed E-state index contributed by atoms with van der Waals surface area (Å²) >= 11 is 0. The minimum absolute atomic E-state index is 0.0934. The Morgan fingerprint density at radius 3 is 2.67 bits per heavy atom. The number of carboxylic acid groups (broad SMARTS) is 1. The summed E-state index contributed by atoms with van der Waals surface area (Å²) in [6.45, 7) is 0.0934. The predicted molar refractivity (Wildman–Crippen MR) is 48.4 cm³/mol. The number of hydrogen-bond acceptors (Lipinski definition) is 3. The molecule has 4 nitrogen and oxygen atoms in total. The standard InChI is InChI=1S/C9H10F2N2O2/c10-9(11)6-2-1-5(4-12)13-7(6)3-8(14)15/h1-2,9H,3-4,12H2,(H,14,15). The van der Waals surface area contributed by atoms with Crippen LogP contribution < -0.4 is 5.73 Å². The van der Waals surface area contributed by atoms with Crippen molar-refractivity contribution < 1.29 is 18.7 Å². The number of pyridine rings is 1. The molecule has 0 atom stereocenters. The quantitative estimate of drug-likeness (QED) is 0.790. The van der Waals surface area contributed by atoms with Crippen molar-refractivity contribution in [3.05, 3.63) is 29.1 Å². The van der Waals surface area contributed by atoms with Crippen molar-refractivity contribution in [2.75, 3.05) is 0 Å². The highest BCUT2D eigenvalue weighted by molar-refractivity contribution is 5.70. The number of nitrogens with two attached hydrogens (primary N) is 1. The Hall–Kier alpha value is -1.56. The lowest BCUT2D eigenvalue weighted by molar-refractivity contribution is -0.136. The van der Waals surface area contributed by atoms with Crippen LogP contribution in [0.1, 0.15) is 23.4 Å². The summed E-state index contributed by atoms with van der Waals surface area (Å²) in [7, 11) is 0. The van der Waals surface area contributed by atoms with Gasteiger partial charge in [0.1, 0.15) is 0 Å². The van der Waals surface area contributed by atoms with Gasteiger partial charge in [0.15, 0.2) is 0 Å². The van der Waals surface area contributed by atoms with Gasteiger partial charge in [-0.15, -0.1) is 0 Å². The molecular formula is C9H10F2N2O2. The van der Waals surface area contributed by atoms with Crippen LogP contribution in [0.15, 0.2) is 12.1 Å². The third-order valence-electron chi connectivity index (χ3n) is 1.83. The molecule has 0 spiro atoms. The molecule has 0 unspecified atom stereocenters. The van der Waals surface area contributed by atoms with E-state index in [4.69, 9.17) is 10.8 Å². The Bertz CT molecular complexity index is 369. The van der Waals surface area contributed by atoms with Crippen LogP contribution in [-0.2, 0) is 17.8 Å². The number of hydrogen-bond donors (Lipinski definition) is 2. The van der Waals surface area contributed by atoms with Crippen LogP contribution in [0, 0.1) is 0 Å². The van der Waals surface area contributed by atoms with E-state index in [2.05, 4.69) is 4.98 Å². The van der Waals surface area contributed by atoms with E-state index in [1.54, 1.807) is 0 Å². The Balaban J connectivity index is 3.10. The van der Waals surface area contributed by atoms with Gasteiger partial charge in [0.05, 0.1) is 17.8 Å². The summed E-state index contributed by atoms with van der Waals surface area (Å²) in [5, 5.41) is 8.52. The molecule has 0 aliphatic carbocycles. The lowest BCUT2D eigenvalue weighted by Crippen LogP contribution is -2.10. The van der Waals surface area contributed by atoms with E-state index in [1.165, 1.54) is 6.07 Å². The number of alkyl halides is 2. The van der Waals surface area contributed by atoms with Crippen LogP contribution in [0.5, 0.6) is 0 Å². The third kappa shape index (κ3) is 2.95. The van der Waals surface area contributed by atoms with Crippen molar-refractivity contribution in [2.45, 2.75) is 19.4 Å². The van der Waals surface area contributed by atoms with E-state index in [9.17, 15) is 13.6 Å². The molecule has 0 aliphatic rings. The van der Waals surface area contributed by atoms with Gasteiger partial charge in [0.2, 0.25) is 0 Å². The molecule has 0 bridgehead atoms. The Morgan fingerprint density at radius 1 is 1.53 bits per heavy atom. The molecule has 0 radical (unpaired) electrons. The first-order valence-corrected chi connectivity index (χ1v) is 4.23. The van der Waals surface area contributed by atoms with Crippen molar-refractivity contribution in [1.82, 2.24) is 4.98 Å². The zero-order valence-electron chi connectivity index (χ0n) is 7.78. The average Bonchev–Trinajstić information content (AvgIpc) is 2.16. The smallest absolute Gasteiger partial charge is 0.309 e. The molecule has 1 aromatic rings. The second kappa shape index (κ2) is 4.79. The SMILES string of the molecule is NCc1ccc(C(F)F)c(CC(=O)O)n1. The first kappa shape index (κ1) is 11.5. The van der Waals surface area contributed by atoms with Crippen molar-refractivity contribution in [3.8, 4) is 0 Å². The van der Waals surface area contributed by atoms with Gasteiger partial charge in [-0.25, -0.2) is 8.78 Å². The molecule has 82 valence electrons. The highest BCUT2D eigenvalue weighted by Crippen LogP contribution is 2.22. The topological polar surface area (TPSA) is 76.2 Å². The molecule has 1 aromatic heterocycles. The van der Waals surface area contributed by atoms with Crippen LogP contribution in [0.25, 0.3) is 0 Å². The molecule has 1 rings (SSSR count). The maximum atomic E-state index is 12.4. The lowest BCUT2D eigenvalue weighted by Gasteiger charge is -2.07. The largest absolute Gasteiger partial charge is 0.481 e. The Morgan fingerprint density at radius 2 is 2.20 bits per heavy atom. The van der Waals surface area contributed by atoms with Gasteiger partial charge >= 0.3 is 5.97 Å². The maximum absolute atomic E-state index is 12.4. The van der Waals surface area contributed by atoms with Crippen LogP contribution in [0.4, 0.5) is 8.78 Å². The molecule has 6 heteroatoms. The van der Waals surface area contributed by atoms with Crippen LogP contribution in [0.3, 0.4) is 0 Å². The summed E-state index contributed by atoms with van der Waals surface area (Å²) in [6, 6.07) is 2.53. The fraction of sp³-hybridized carbons (Fsp3) is 0.333. The first-order valence-electron chi connectivity index (χ1n) is 4.23. The molecule has 0 fully saturated rings. The summed E-state index contributed by atoms with van der Waals surface area (Å²) in [6.07, 6.45) is -3.24. The second-order valence-corrected chi connectivity index (χ2v) is 2.91. The molecule has 0 aliphatic heterocycles. The number of nitrogens with zero attached hydrogens (tertiary/aromatic N) is 1. The van der Waals surface area contributed by atoms with Crippen molar-refractivity contribution in [2.24, 2.45) is 5.73 Å². The van der Waals surface area contributed by atoms with E-state index in [0.29, 0.717) is 5.69 Å². The fourth-order valence-corrected chi connectivity index (χ4v) is 1.15. The number of rotatable bonds is 4. The molecule has 1 heterocycles. The molecule has 0 saturated carbocycles. The van der Waals surface area contributed by atoms with Crippen molar-refractivity contribution >= 4 is 5.97 Å². The number of carboxylic acids is 1. The zero-order valence-corrected chi connectivity index (χ0v) is 7.78. The van der Waals surface area contributed by atoms with Crippen molar-refractivity contribution in [1.29, 1.82) is 0 Å². The minimum Gasteiger partial charge on any atom is -0.481 e. The van der Waals surface area contributed by atoms with Gasteiger partial charge in [-0.3, -0.25) is 9.78 Å². The van der Waals surface area contributed by atoms with E-state index in [1.807, 2.05) is 0 Å². The van der Waals surface area contributed by atoms with Gasteiger partial charge < -0.3 is 10.8 Å². The second-order valence-electron chi connectivity index (χ2n) is 2.91. The van der Waals surface area contributed by atoms with Crippen molar-refractivity contribution in [3.63, 3.8) is 0 Å². The van der Waals surface area contributed by atoms with Crippen LogP contribution >= 0.6 is 0 Å². The van der Waals surface area contributed by atoms with Gasteiger partial charge in [-0.05, 0) is 12.1 Å². The Kier molecular flexibility index (Phi) is 3.68. The van der Waals surface area contributed by atoms with Crippen LogP contribution in [0.2, 0.25) is 0 Å². The molecule has 15 heavy (non-hydrogen) atoms. The zero-order chi connectivity index (χ0) is 11.4. The maximum Gasteiger partial charge on any atom is 0.309 e. The summed E-state index contributed by atoms with van der Waals surface area (Å²) in [5.74, 6) is -1.20. The number of carbonyl (C=O) groups is 1. The van der Waals surface area contributed by atoms with E-state index in [-0.39, 0.29) is 17.8 Å². The van der Waals surface area contributed by atoms with Gasteiger partial charge in [-0.1, -0.05) is 0 Å². The monoisotopic (exact) mass is 216 g/mol. The average molecular weight is 216 g/mol. The molecule has 0 amide bonds. The van der Waals surface area contributed by atoms with E-state index in [0.717, 1.165) is 6.07 Å². The van der Waals surface area contributed by atoms with Crippen LogP contribution in [-0.4, -0.2) is 16.1 Å². The highest BCUT2D eigenvalue weighted by Gasteiger charge is 2.16. The van der Waals surface area contributed by atoms with Gasteiger partial charge in [-0.2, -0.15) is 0 Å². The van der Waals surface area contributed by atoms with Gasteiger partial charge in [0, 0.05) is 12.1 Å². The Labute approximate surface area is 84.7 Å². The highest BCUT2D eigenvalue weighted by atomic mass is 19.3. The minimum atomic E-state index is -2.72. The summed E-state index contributed by atoms with van der Waals surface area (Å²) in [4.78, 5) is 14.2. The molecule has 0 aromatic carbocycles. The normalized spacial score (nSPS) is 10.7. The summed E-state index contributed by atoms with van der Waals surface area (Å²) < 4.78 is 24.9. The predicted octanol–water partition coefficient (Wildman–Crippen LogP) is 1.11. The van der Waals surface area contributed by atoms with E-state index >= 15 is 0 Å². The molecule has 3 N–H and O–H groups in total. The lowest BCUT2D eigenvalue weighted by atomic mass is 10.1. The number of halogens is 2. The summed E-state index contributed by atoms with van der Waals surface area (Å²) in [5.41, 5.74) is 5.20. The van der Waals surface area contributed by atoms with E-state index < -0.39 is 18.8 Å². The first-order chi connectivity index (χ1) is 7.04. The third-order valence-corrected chi connectivity index (χ3v) is 1.83. The number of aliphatic carboxylic acids is 1. The molecular weight excluding hydrogens is 206 g/mol. The molecule has 0 saturated heterocycles. The number of aromatic nitrogens is 1.